The van der Waals surface area contributed by atoms with Crippen molar-refractivity contribution < 1.29 is 17.9 Å². The highest BCUT2D eigenvalue weighted by Crippen LogP contribution is 2.25. The van der Waals surface area contributed by atoms with Crippen LogP contribution in [0.5, 0.6) is 0 Å². The predicted octanol–water partition coefficient (Wildman–Crippen LogP) is 1.13. The summed E-state index contributed by atoms with van der Waals surface area (Å²) in [5.41, 5.74) is 0. The lowest BCUT2D eigenvalue weighted by Crippen LogP contribution is -2.39. The molecule has 0 aromatic carbocycles. The molecule has 0 radical (unpaired) electrons. The van der Waals surface area contributed by atoms with E-state index in [1.807, 2.05) is 6.92 Å². The van der Waals surface area contributed by atoms with E-state index in [0.717, 1.165) is 25.7 Å². The lowest BCUT2D eigenvalue weighted by Gasteiger charge is -2.28. The van der Waals surface area contributed by atoms with Crippen molar-refractivity contribution in [3.8, 4) is 0 Å². The molecule has 2 unspecified atom stereocenters. The molecule has 1 rings (SSSR count). The van der Waals surface area contributed by atoms with E-state index in [-0.39, 0.29) is 29.4 Å². The van der Waals surface area contributed by atoms with E-state index in [1.54, 1.807) is 6.92 Å². The third kappa shape index (κ3) is 5.91. The van der Waals surface area contributed by atoms with Gasteiger partial charge >= 0.3 is 5.97 Å². The Morgan fingerprint density at radius 3 is 2.68 bits per heavy atom. The van der Waals surface area contributed by atoms with Crippen LogP contribution in [0.1, 0.15) is 39.5 Å². The Balaban J connectivity index is 2.33. The minimum Gasteiger partial charge on any atom is -0.466 e. The molecule has 6 heteroatoms. The number of sulfone groups is 1. The van der Waals surface area contributed by atoms with Gasteiger partial charge in [-0.3, -0.25) is 4.79 Å². The van der Waals surface area contributed by atoms with E-state index < -0.39 is 9.84 Å². The maximum atomic E-state index is 11.7. The third-order valence-corrected chi connectivity index (χ3v) is 5.29. The standard InChI is InChI=1S/C13H25NO4S/c1-3-18-13(15)11-6-5-7-12(10-11)14-8-9-19(16,17)4-2/h11-12,14H,3-10H2,1-2H3. The SMILES string of the molecule is CCOC(=O)C1CCCC(NCCS(=O)(=O)CC)C1. The maximum Gasteiger partial charge on any atom is 0.308 e. The van der Waals surface area contributed by atoms with Gasteiger partial charge in [-0.15, -0.1) is 0 Å². The zero-order chi connectivity index (χ0) is 14.3. The summed E-state index contributed by atoms with van der Waals surface area (Å²) >= 11 is 0. The van der Waals surface area contributed by atoms with E-state index in [4.69, 9.17) is 4.74 Å². The van der Waals surface area contributed by atoms with E-state index in [9.17, 15) is 13.2 Å². The normalized spacial score (nSPS) is 24.1. The molecule has 1 aliphatic rings. The smallest absolute Gasteiger partial charge is 0.308 e. The molecule has 1 N–H and O–H groups in total. The minimum atomic E-state index is -2.91. The van der Waals surface area contributed by atoms with Gasteiger partial charge in [0.05, 0.1) is 18.3 Å². The monoisotopic (exact) mass is 291 g/mol. The summed E-state index contributed by atoms with van der Waals surface area (Å²) in [6.07, 6.45) is 3.62. The fourth-order valence-electron chi connectivity index (χ4n) is 2.41. The van der Waals surface area contributed by atoms with Crippen LogP contribution in [0.25, 0.3) is 0 Å². The molecule has 1 aliphatic carbocycles. The number of rotatable bonds is 7. The van der Waals surface area contributed by atoms with Crippen molar-refractivity contribution in [3.05, 3.63) is 0 Å². The fourth-order valence-corrected chi connectivity index (χ4v) is 3.13. The number of carbonyl (C=O) groups is 1. The van der Waals surface area contributed by atoms with Crippen molar-refractivity contribution in [1.82, 2.24) is 5.32 Å². The highest BCUT2D eigenvalue weighted by molar-refractivity contribution is 7.91. The highest BCUT2D eigenvalue weighted by Gasteiger charge is 2.27. The van der Waals surface area contributed by atoms with Crippen LogP contribution in [-0.2, 0) is 19.4 Å². The molecule has 0 aliphatic heterocycles. The van der Waals surface area contributed by atoms with Crippen LogP contribution in [0.2, 0.25) is 0 Å². The quantitative estimate of drug-likeness (QED) is 0.712. The van der Waals surface area contributed by atoms with Gasteiger partial charge in [0.2, 0.25) is 0 Å². The summed E-state index contributed by atoms with van der Waals surface area (Å²) in [6, 6.07) is 0.232. The zero-order valence-corrected chi connectivity index (χ0v) is 12.7. The lowest BCUT2D eigenvalue weighted by molar-refractivity contribution is -0.149. The van der Waals surface area contributed by atoms with Gasteiger partial charge in [-0.2, -0.15) is 0 Å². The first-order valence-corrected chi connectivity index (χ1v) is 8.91. The van der Waals surface area contributed by atoms with E-state index in [2.05, 4.69) is 5.32 Å². The number of nitrogens with one attached hydrogen (secondary N) is 1. The third-order valence-electron chi connectivity index (χ3n) is 3.58. The molecular formula is C13H25NO4S. The molecule has 2 atom stereocenters. The molecule has 0 saturated heterocycles. The van der Waals surface area contributed by atoms with Gasteiger partial charge < -0.3 is 10.1 Å². The Bertz CT molecular complexity index is 380. The van der Waals surface area contributed by atoms with Crippen molar-refractivity contribution in [2.24, 2.45) is 5.92 Å². The van der Waals surface area contributed by atoms with Crippen LogP contribution in [-0.4, -0.2) is 45.1 Å². The Morgan fingerprint density at radius 2 is 2.05 bits per heavy atom. The van der Waals surface area contributed by atoms with Crippen molar-refractivity contribution in [2.75, 3.05) is 24.7 Å². The maximum absolute atomic E-state index is 11.7. The van der Waals surface area contributed by atoms with Gasteiger partial charge in [-0.1, -0.05) is 13.3 Å². The van der Waals surface area contributed by atoms with Gasteiger partial charge in [-0.25, -0.2) is 8.42 Å². The van der Waals surface area contributed by atoms with Crippen LogP contribution in [0, 0.1) is 5.92 Å². The summed E-state index contributed by atoms with van der Waals surface area (Å²) < 4.78 is 27.8. The summed E-state index contributed by atoms with van der Waals surface area (Å²) in [4.78, 5) is 11.7. The molecule has 5 nitrogen and oxygen atoms in total. The topological polar surface area (TPSA) is 72.5 Å². The number of carbonyl (C=O) groups excluding carboxylic acids is 1. The first kappa shape index (κ1) is 16.4. The van der Waals surface area contributed by atoms with Crippen molar-refractivity contribution in [1.29, 1.82) is 0 Å². The lowest BCUT2D eigenvalue weighted by atomic mass is 9.86. The Kier molecular flexibility index (Phi) is 6.79. The number of hydrogen-bond donors (Lipinski definition) is 1. The molecule has 0 aromatic heterocycles. The average Bonchev–Trinajstić information content (AvgIpc) is 2.39. The van der Waals surface area contributed by atoms with Crippen LogP contribution in [0.4, 0.5) is 0 Å². The zero-order valence-electron chi connectivity index (χ0n) is 11.9. The van der Waals surface area contributed by atoms with Gasteiger partial charge in [-0.05, 0) is 26.2 Å². The fraction of sp³-hybridized carbons (Fsp3) is 0.923. The molecule has 0 amide bonds. The molecule has 19 heavy (non-hydrogen) atoms. The molecule has 1 saturated carbocycles. The second-order valence-corrected chi connectivity index (χ2v) is 7.48. The van der Waals surface area contributed by atoms with Gasteiger partial charge in [0.15, 0.2) is 9.84 Å². The summed E-state index contributed by atoms with van der Waals surface area (Å²) in [7, 11) is -2.91. The summed E-state index contributed by atoms with van der Waals surface area (Å²) in [6.45, 7) is 4.36. The first-order chi connectivity index (χ1) is 8.98. The van der Waals surface area contributed by atoms with Gasteiger partial charge in [0.1, 0.15) is 0 Å². The Morgan fingerprint density at radius 1 is 1.32 bits per heavy atom. The predicted molar refractivity (Wildman–Crippen MR) is 74.7 cm³/mol. The highest BCUT2D eigenvalue weighted by atomic mass is 32.2. The molecule has 0 bridgehead atoms. The second-order valence-electron chi connectivity index (χ2n) is 5.00. The minimum absolute atomic E-state index is 0.0333. The molecule has 0 aromatic rings. The van der Waals surface area contributed by atoms with Gasteiger partial charge in [0.25, 0.3) is 0 Å². The van der Waals surface area contributed by atoms with Crippen molar-refractivity contribution in [3.63, 3.8) is 0 Å². The van der Waals surface area contributed by atoms with Crippen LogP contribution in [0.15, 0.2) is 0 Å². The van der Waals surface area contributed by atoms with Crippen LogP contribution < -0.4 is 5.32 Å². The summed E-state index contributed by atoms with van der Waals surface area (Å²) in [5, 5.41) is 3.25. The van der Waals surface area contributed by atoms with E-state index in [1.165, 1.54) is 0 Å². The summed E-state index contributed by atoms with van der Waals surface area (Å²) in [5.74, 6) is 0.207. The molecule has 112 valence electrons. The van der Waals surface area contributed by atoms with Crippen LogP contribution >= 0.6 is 0 Å². The van der Waals surface area contributed by atoms with Gasteiger partial charge in [0, 0.05) is 18.3 Å². The Labute approximate surface area is 116 Å². The number of ether oxygens (including phenoxy) is 1. The van der Waals surface area contributed by atoms with E-state index >= 15 is 0 Å². The van der Waals surface area contributed by atoms with Crippen molar-refractivity contribution in [2.45, 2.75) is 45.6 Å². The van der Waals surface area contributed by atoms with Crippen molar-refractivity contribution >= 4 is 15.8 Å². The molecule has 0 spiro atoms. The average molecular weight is 291 g/mol. The first-order valence-electron chi connectivity index (χ1n) is 7.09. The molecular weight excluding hydrogens is 266 g/mol. The van der Waals surface area contributed by atoms with E-state index in [0.29, 0.717) is 13.2 Å². The second kappa shape index (κ2) is 7.85. The van der Waals surface area contributed by atoms with Crippen LogP contribution in [0.3, 0.4) is 0 Å². The largest absolute Gasteiger partial charge is 0.466 e. The number of esters is 1. The number of hydrogen-bond acceptors (Lipinski definition) is 5. The molecule has 0 heterocycles. The molecule has 1 fully saturated rings. The Hall–Kier alpha value is -0.620.